The number of phenols is 1. The van der Waals surface area contributed by atoms with Crippen LogP contribution < -0.4 is 0 Å². The topological polar surface area (TPSA) is 40.5 Å². The van der Waals surface area contributed by atoms with Crippen molar-refractivity contribution in [3.05, 3.63) is 42.0 Å². The number of hydrogen-bond donors (Lipinski definition) is 1. The van der Waals surface area contributed by atoms with Crippen molar-refractivity contribution in [2.45, 2.75) is 19.8 Å². The highest BCUT2D eigenvalue weighted by Crippen LogP contribution is 2.17. The molecule has 92 valence electrons. The van der Waals surface area contributed by atoms with Gasteiger partial charge in [0.2, 0.25) is 0 Å². The lowest BCUT2D eigenvalue weighted by atomic mass is 10.1. The summed E-state index contributed by atoms with van der Waals surface area (Å²) in [6.07, 6.45) is 3.68. The van der Waals surface area contributed by atoms with Gasteiger partial charge >= 0.3 is 0 Å². The van der Waals surface area contributed by atoms with Crippen molar-refractivity contribution >= 4 is 5.91 Å². The Morgan fingerprint density at radius 1 is 1.53 bits per heavy atom. The molecule has 0 spiro atoms. The molecule has 1 rings (SSSR count). The summed E-state index contributed by atoms with van der Waals surface area (Å²) in [4.78, 5) is 13.8. The maximum atomic E-state index is 12.1. The van der Waals surface area contributed by atoms with Crippen LogP contribution in [0.5, 0.6) is 5.75 Å². The number of benzene rings is 1. The molecule has 0 aromatic heterocycles. The van der Waals surface area contributed by atoms with Crippen LogP contribution in [0.2, 0.25) is 0 Å². The smallest absolute Gasteiger partial charge is 0.253 e. The molecule has 0 aliphatic heterocycles. The molecule has 0 heterocycles. The van der Waals surface area contributed by atoms with E-state index in [1.54, 1.807) is 24.1 Å². The summed E-state index contributed by atoms with van der Waals surface area (Å²) in [5.41, 5.74) is 1.44. The van der Waals surface area contributed by atoms with E-state index in [1.807, 2.05) is 13.0 Å². The minimum absolute atomic E-state index is 0.00781. The first-order chi connectivity index (χ1) is 8.06. The monoisotopic (exact) mass is 233 g/mol. The Morgan fingerprint density at radius 2 is 2.24 bits per heavy atom. The van der Waals surface area contributed by atoms with Crippen molar-refractivity contribution in [1.29, 1.82) is 0 Å². The third-order valence-corrected chi connectivity index (χ3v) is 2.69. The zero-order valence-corrected chi connectivity index (χ0v) is 10.4. The van der Waals surface area contributed by atoms with Crippen LogP contribution in [0.1, 0.15) is 28.8 Å². The van der Waals surface area contributed by atoms with Crippen LogP contribution >= 0.6 is 0 Å². The normalized spacial score (nSPS) is 10.0. The Kier molecular flexibility index (Phi) is 4.76. The number of hydrogen-bond acceptors (Lipinski definition) is 2. The largest absolute Gasteiger partial charge is 0.508 e. The molecule has 0 fully saturated rings. The number of amides is 1. The summed E-state index contributed by atoms with van der Waals surface area (Å²) in [5.74, 6) is 0.180. The maximum absolute atomic E-state index is 12.1. The van der Waals surface area contributed by atoms with Crippen LogP contribution in [0.4, 0.5) is 0 Å². The number of aryl methyl sites for hydroxylation is 1. The fraction of sp³-hybridized carbons (Fsp3) is 0.357. The van der Waals surface area contributed by atoms with E-state index in [1.165, 1.54) is 6.07 Å². The minimum atomic E-state index is -0.00781. The van der Waals surface area contributed by atoms with E-state index in [2.05, 4.69) is 6.58 Å². The molecule has 17 heavy (non-hydrogen) atoms. The van der Waals surface area contributed by atoms with Crippen molar-refractivity contribution in [2.75, 3.05) is 13.6 Å². The molecule has 3 nitrogen and oxygen atoms in total. The predicted octanol–water partition coefficient (Wildman–Crippen LogP) is 2.74. The van der Waals surface area contributed by atoms with Crippen molar-refractivity contribution in [3.63, 3.8) is 0 Å². The Balaban J connectivity index is 2.71. The molecular formula is C14H19NO2. The summed E-state index contributed by atoms with van der Waals surface area (Å²) < 4.78 is 0. The SMILES string of the molecule is C=CCCCN(C)C(=O)c1ccc(O)cc1C. The summed E-state index contributed by atoms with van der Waals surface area (Å²) in [5, 5.41) is 9.30. The van der Waals surface area contributed by atoms with Gasteiger partial charge in [-0.05, 0) is 43.5 Å². The third-order valence-electron chi connectivity index (χ3n) is 2.69. The Hall–Kier alpha value is -1.77. The first-order valence-electron chi connectivity index (χ1n) is 5.72. The fourth-order valence-corrected chi connectivity index (χ4v) is 1.67. The van der Waals surface area contributed by atoms with Crippen LogP contribution in [-0.4, -0.2) is 29.5 Å². The average molecular weight is 233 g/mol. The predicted molar refractivity (Wildman–Crippen MR) is 69.2 cm³/mol. The van der Waals surface area contributed by atoms with E-state index >= 15 is 0 Å². The molecule has 0 aliphatic carbocycles. The van der Waals surface area contributed by atoms with Gasteiger partial charge in [-0.2, -0.15) is 0 Å². The van der Waals surface area contributed by atoms with Crippen LogP contribution in [0.25, 0.3) is 0 Å². The number of aromatic hydroxyl groups is 1. The number of carbonyl (C=O) groups excluding carboxylic acids is 1. The zero-order chi connectivity index (χ0) is 12.8. The van der Waals surface area contributed by atoms with Crippen molar-refractivity contribution in [3.8, 4) is 5.75 Å². The molecule has 0 saturated heterocycles. The summed E-state index contributed by atoms with van der Waals surface area (Å²) in [6, 6.07) is 4.81. The molecule has 3 heteroatoms. The van der Waals surface area contributed by atoms with Gasteiger partial charge < -0.3 is 10.0 Å². The highest BCUT2D eigenvalue weighted by atomic mass is 16.3. The molecule has 0 saturated carbocycles. The van der Waals surface area contributed by atoms with Gasteiger partial charge in [0.1, 0.15) is 5.75 Å². The van der Waals surface area contributed by atoms with Gasteiger partial charge in [0.15, 0.2) is 0 Å². The molecule has 0 unspecified atom stereocenters. The van der Waals surface area contributed by atoms with E-state index in [0.29, 0.717) is 12.1 Å². The Morgan fingerprint density at radius 3 is 2.82 bits per heavy atom. The first-order valence-corrected chi connectivity index (χ1v) is 5.72. The quantitative estimate of drug-likeness (QED) is 0.627. The number of rotatable bonds is 5. The van der Waals surface area contributed by atoms with E-state index in [4.69, 9.17) is 0 Å². The molecule has 1 aromatic carbocycles. The van der Waals surface area contributed by atoms with Crippen LogP contribution in [0, 0.1) is 6.92 Å². The summed E-state index contributed by atoms with van der Waals surface area (Å²) in [7, 11) is 1.79. The zero-order valence-electron chi connectivity index (χ0n) is 10.4. The van der Waals surface area contributed by atoms with Gasteiger partial charge in [-0.3, -0.25) is 4.79 Å². The molecule has 0 atom stereocenters. The number of carbonyl (C=O) groups is 1. The lowest BCUT2D eigenvalue weighted by Crippen LogP contribution is -2.28. The summed E-state index contributed by atoms with van der Waals surface area (Å²) in [6.45, 7) is 6.19. The fourth-order valence-electron chi connectivity index (χ4n) is 1.67. The van der Waals surface area contributed by atoms with E-state index in [0.717, 1.165) is 18.4 Å². The van der Waals surface area contributed by atoms with Gasteiger partial charge in [-0.1, -0.05) is 6.08 Å². The van der Waals surface area contributed by atoms with E-state index in [-0.39, 0.29) is 11.7 Å². The van der Waals surface area contributed by atoms with Crippen LogP contribution in [0.15, 0.2) is 30.9 Å². The van der Waals surface area contributed by atoms with E-state index < -0.39 is 0 Å². The van der Waals surface area contributed by atoms with E-state index in [9.17, 15) is 9.90 Å². The molecule has 1 aromatic rings. The highest BCUT2D eigenvalue weighted by Gasteiger charge is 2.13. The molecule has 0 radical (unpaired) electrons. The van der Waals surface area contributed by atoms with Gasteiger partial charge in [0, 0.05) is 19.2 Å². The number of phenolic OH excluding ortho intramolecular Hbond substituents is 1. The number of nitrogens with zero attached hydrogens (tertiary/aromatic N) is 1. The Labute approximate surface area is 102 Å². The molecule has 1 amide bonds. The third kappa shape index (κ3) is 3.63. The van der Waals surface area contributed by atoms with Crippen molar-refractivity contribution in [2.24, 2.45) is 0 Å². The van der Waals surface area contributed by atoms with Crippen molar-refractivity contribution < 1.29 is 9.90 Å². The van der Waals surface area contributed by atoms with Crippen LogP contribution in [0.3, 0.4) is 0 Å². The highest BCUT2D eigenvalue weighted by molar-refractivity contribution is 5.95. The standard InChI is InChI=1S/C14H19NO2/c1-4-5-6-9-15(3)14(17)13-8-7-12(16)10-11(13)2/h4,7-8,10,16H,1,5-6,9H2,2-3H3. The maximum Gasteiger partial charge on any atom is 0.253 e. The molecule has 1 N–H and O–H groups in total. The van der Waals surface area contributed by atoms with Gasteiger partial charge in [0.05, 0.1) is 0 Å². The number of allylic oxidation sites excluding steroid dienone is 1. The second-order valence-electron chi connectivity index (χ2n) is 4.16. The van der Waals surface area contributed by atoms with Gasteiger partial charge in [-0.15, -0.1) is 6.58 Å². The van der Waals surface area contributed by atoms with Gasteiger partial charge in [-0.25, -0.2) is 0 Å². The molecular weight excluding hydrogens is 214 g/mol. The first kappa shape index (κ1) is 13.3. The summed E-state index contributed by atoms with van der Waals surface area (Å²) >= 11 is 0. The Bertz CT molecular complexity index is 413. The average Bonchev–Trinajstić information content (AvgIpc) is 2.28. The van der Waals surface area contributed by atoms with Crippen LogP contribution in [-0.2, 0) is 0 Å². The lowest BCUT2D eigenvalue weighted by molar-refractivity contribution is 0.0793. The minimum Gasteiger partial charge on any atom is -0.508 e. The number of unbranched alkanes of at least 4 members (excludes halogenated alkanes) is 1. The second-order valence-corrected chi connectivity index (χ2v) is 4.16. The lowest BCUT2D eigenvalue weighted by Gasteiger charge is -2.18. The molecule has 0 bridgehead atoms. The van der Waals surface area contributed by atoms with Crippen molar-refractivity contribution in [1.82, 2.24) is 4.90 Å². The second kappa shape index (κ2) is 6.09. The van der Waals surface area contributed by atoms with Gasteiger partial charge in [0.25, 0.3) is 5.91 Å². The molecule has 0 aliphatic rings.